The van der Waals surface area contributed by atoms with Crippen molar-refractivity contribution in [3.05, 3.63) is 24.3 Å². The van der Waals surface area contributed by atoms with Crippen molar-refractivity contribution in [2.75, 3.05) is 32.4 Å². The van der Waals surface area contributed by atoms with Crippen LogP contribution in [0.3, 0.4) is 0 Å². The van der Waals surface area contributed by atoms with Crippen LogP contribution in [0.25, 0.3) is 0 Å². The van der Waals surface area contributed by atoms with Gasteiger partial charge < -0.3 is 25.4 Å². The summed E-state index contributed by atoms with van der Waals surface area (Å²) in [6, 6.07) is -0.594. The zero-order valence-electron chi connectivity index (χ0n) is 23.7. The fourth-order valence-electron chi connectivity index (χ4n) is 4.44. The van der Waals surface area contributed by atoms with Crippen LogP contribution in [0, 0.1) is 11.8 Å². The summed E-state index contributed by atoms with van der Waals surface area (Å²) < 4.78 is 91.2. The third-order valence-corrected chi connectivity index (χ3v) is 7.48. The van der Waals surface area contributed by atoms with E-state index in [1.54, 1.807) is 19.1 Å². The van der Waals surface area contributed by atoms with Gasteiger partial charge in [-0.05, 0) is 12.8 Å². The maximum Gasteiger partial charge on any atom is 0.320 e. The Morgan fingerprint density at radius 1 is 0.878 bits per heavy atom. The number of hydrogen-bond acceptors (Lipinski definition) is 7. The van der Waals surface area contributed by atoms with Crippen LogP contribution in [0.4, 0.5) is 27.2 Å². The molecule has 0 spiro atoms. The summed E-state index contributed by atoms with van der Waals surface area (Å²) in [5, 5.41) is 7.76. The fraction of sp³-hybridized carbons (Fsp3) is 0.760. The van der Waals surface area contributed by atoms with Crippen LogP contribution in [0.15, 0.2) is 24.3 Å². The van der Waals surface area contributed by atoms with E-state index in [-0.39, 0.29) is 12.6 Å². The first-order chi connectivity index (χ1) is 19.1. The van der Waals surface area contributed by atoms with Gasteiger partial charge in [-0.1, -0.05) is 52.0 Å². The maximum absolute atomic E-state index is 14.2. The molecule has 4 amide bonds. The molecule has 41 heavy (non-hydrogen) atoms. The predicted molar refractivity (Wildman–Crippen MR) is 142 cm³/mol. The highest BCUT2D eigenvalue weighted by atomic mass is 32.2. The number of rotatable bonds is 5. The van der Waals surface area contributed by atoms with E-state index in [0.29, 0.717) is 32.5 Å². The lowest BCUT2D eigenvalue weighted by Gasteiger charge is -2.30. The molecule has 4 heterocycles. The summed E-state index contributed by atoms with van der Waals surface area (Å²) in [7, 11) is -3.94. The molecule has 0 aromatic rings. The van der Waals surface area contributed by atoms with Gasteiger partial charge in [0.2, 0.25) is 6.29 Å². The van der Waals surface area contributed by atoms with E-state index in [0.717, 1.165) is 11.2 Å². The Kier molecular flexibility index (Phi) is 12.4. The van der Waals surface area contributed by atoms with Gasteiger partial charge in [-0.2, -0.15) is 8.42 Å². The van der Waals surface area contributed by atoms with Crippen molar-refractivity contribution < 1.29 is 49.2 Å². The number of hydrogen-bond donors (Lipinski definition) is 3. The molecular weight excluding hydrogens is 576 g/mol. The van der Waals surface area contributed by atoms with Crippen LogP contribution >= 0.6 is 0 Å². The number of carbonyl (C=O) groups is 2. The molecule has 3 N–H and O–H groups in total. The Hall–Kier alpha value is -2.43. The molecule has 0 bridgehead atoms. The van der Waals surface area contributed by atoms with Gasteiger partial charge in [0.1, 0.15) is 0 Å². The molecule has 2 fully saturated rings. The molecule has 2 saturated heterocycles. The van der Waals surface area contributed by atoms with Crippen LogP contribution in [-0.4, -0.2) is 94.4 Å². The molecule has 4 aliphatic heterocycles. The van der Waals surface area contributed by atoms with Crippen molar-refractivity contribution in [3.63, 3.8) is 0 Å². The second-order valence-electron chi connectivity index (χ2n) is 9.95. The predicted octanol–water partition coefficient (Wildman–Crippen LogP) is 3.20. The molecule has 0 radical (unpaired) electrons. The second kappa shape index (κ2) is 14.6. The SMILES string of the molecule is CC[C@H]1OC(N2CC=CCNC2=O)C(F)(F)[C@@H]1C.CC[C@H]1OC(OS(C)(=O)=O)C(F)(F)[C@@H]1C.O=C1NCC=CCN1. The van der Waals surface area contributed by atoms with Gasteiger partial charge in [0.15, 0.2) is 6.23 Å². The molecule has 2 unspecified atom stereocenters. The fourth-order valence-corrected chi connectivity index (χ4v) is 4.93. The van der Waals surface area contributed by atoms with Crippen molar-refractivity contribution in [1.82, 2.24) is 20.9 Å². The number of amides is 4. The average Bonchev–Trinajstić information content (AvgIpc) is 3.11. The summed E-state index contributed by atoms with van der Waals surface area (Å²) in [6.45, 7) is 8.09. The average molecular weight is 617 g/mol. The van der Waals surface area contributed by atoms with Gasteiger partial charge in [0.05, 0.1) is 30.3 Å². The number of urea groups is 2. The van der Waals surface area contributed by atoms with Crippen LogP contribution in [0.1, 0.15) is 40.5 Å². The number of ether oxygens (including phenoxy) is 2. The normalized spacial score (nSPS) is 32.3. The highest BCUT2D eigenvalue weighted by molar-refractivity contribution is 7.86. The first kappa shape index (κ1) is 34.8. The first-order valence-corrected chi connectivity index (χ1v) is 15.2. The summed E-state index contributed by atoms with van der Waals surface area (Å²) in [5.74, 6) is -8.22. The summed E-state index contributed by atoms with van der Waals surface area (Å²) in [5.41, 5.74) is 0. The second-order valence-corrected chi connectivity index (χ2v) is 11.5. The third-order valence-electron chi connectivity index (χ3n) is 6.95. The van der Waals surface area contributed by atoms with Crippen molar-refractivity contribution in [3.8, 4) is 0 Å². The monoisotopic (exact) mass is 616 g/mol. The van der Waals surface area contributed by atoms with E-state index in [1.165, 1.54) is 13.8 Å². The minimum Gasteiger partial charge on any atom is -0.348 e. The number of nitrogens with zero attached hydrogens (tertiary/aromatic N) is 1. The topological polar surface area (TPSA) is 135 Å². The lowest BCUT2D eigenvalue weighted by atomic mass is 9.97. The van der Waals surface area contributed by atoms with Crippen LogP contribution < -0.4 is 16.0 Å². The number of nitrogens with one attached hydrogen (secondary N) is 3. The van der Waals surface area contributed by atoms with E-state index >= 15 is 0 Å². The maximum atomic E-state index is 14.2. The highest BCUT2D eigenvalue weighted by Gasteiger charge is 2.59. The molecule has 0 saturated carbocycles. The van der Waals surface area contributed by atoms with Gasteiger partial charge in [-0.15, -0.1) is 0 Å². The number of alkyl halides is 4. The molecule has 0 aromatic carbocycles. The van der Waals surface area contributed by atoms with Gasteiger partial charge in [0.25, 0.3) is 16.0 Å². The lowest BCUT2D eigenvalue weighted by molar-refractivity contribution is -0.174. The molecule has 11 nitrogen and oxygen atoms in total. The number of halogens is 4. The Bertz CT molecular complexity index is 1050. The largest absolute Gasteiger partial charge is 0.348 e. The van der Waals surface area contributed by atoms with Crippen molar-refractivity contribution in [1.29, 1.82) is 0 Å². The molecule has 4 aliphatic rings. The first-order valence-electron chi connectivity index (χ1n) is 13.4. The minimum atomic E-state index is -3.94. The van der Waals surface area contributed by atoms with Gasteiger partial charge >= 0.3 is 18.0 Å². The molecule has 16 heteroatoms. The summed E-state index contributed by atoms with van der Waals surface area (Å²) in [4.78, 5) is 23.2. The molecule has 6 atom stereocenters. The Morgan fingerprint density at radius 2 is 1.37 bits per heavy atom. The van der Waals surface area contributed by atoms with Gasteiger partial charge in [0, 0.05) is 26.2 Å². The number of carbonyl (C=O) groups excluding carboxylic acids is 2. The highest BCUT2D eigenvalue weighted by Crippen LogP contribution is 2.44. The summed E-state index contributed by atoms with van der Waals surface area (Å²) >= 11 is 0. The smallest absolute Gasteiger partial charge is 0.320 e. The molecule has 0 aliphatic carbocycles. The van der Waals surface area contributed by atoms with E-state index in [2.05, 4.69) is 20.1 Å². The Morgan fingerprint density at radius 3 is 1.85 bits per heavy atom. The Labute approximate surface area is 238 Å². The van der Waals surface area contributed by atoms with Crippen LogP contribution in [-0.2, 0) is 23.8 Å². The zero-order valence-corrected chi connectivity index (χ0v) is 24.6. The third kappa shape index (κ3) is 9.28. The van der Waals surface area contributed by atoms with Crippen LogP contribution in [0.5, 0.6) is 0 Å². The van der Waals surface area contributed by atoms with E-state index in [1.807, 2.05) is 19.1 Å². The summed E-state index contributed by atoms with van der Waals surface area (Å²) in [6.07, 6.45) is 4.24. The van der Waals surface area contributed by atoms with Crippen molar-refractivity contribution in [2.24, 2.45) is 11.8 Å². The molecule has 236 valence electrons. The molecule has 0 aromatic heterocycles. The lowest BCUT2D eigenvalue weighted by Crippen LogP contribution is -2.52. The van der Waals surface area contributed by atoms with Crippen molar-refractivity contribution >= 4 is 22.2 Å². The van der Waals surface area contributed by atoms with E-state index in [9.17, 15) is 35.6 Å². The van der Waals surface area contributed by atoms with Crippen molar-refractivity contribution in [2.45, 2.75) is 77.1 Å². The van der Waals surface area contributed by atoms with Gasteiger partial charge in [-0.25, -0.2) is 31.3 Å². The zero-order chi connectivity index (χ0) is 31.0. The Balaban J connectivity index is 0.000000230. The quantitative estimate of drug-likeness (QED) is 0.245. The standard InChI is InChI=1S/C12H18F2N2O2.C8H14F2O4S.C5H8N2O/c1-3-9-8(2)12(13,14)10(18-9)16-7-5-4-6-15-11(16)17;1-4-6-5(2)8(9,10)7(13-6)14-15(3,11)12;8-5-6-3-1-2-4-7-5/h4-5,8-10H,3,6-7H2,1-2H3,(H,15,17);5-7H,4H2,1-3H3;1-2H,3-4H2,(H2,6,7,8)/t8-,9-,10?;5-,6-,7?;/m11./s1. The van der Waals surface area contributed by atoms with Gasteiger partial charge in [-0.3, -0.25) is 4.90 Å². The molecule has 4 rings (SSSR count). The molecular formula is C25H40F4N4O7S. The van der Waals surface area contributed by atoms with E-state index < -0.39 is 64.6 Å². The minimum absolute atomic E-state index is 0.0880. The van der Waals surface area contributed by atoms with E-state index in [4.69, 9.17) is 9.47 Å². The van der Waals surface area contributed by atoms with Crippen LogP contribution in [0.2, 0.25) is 0 Å².